The number of amidine groups is 2. The highest BCUT2D eigenvalue weighted by Gasteiger charge is 2.66. The van der Waals surface area contributed by atoms with E-state index >= 15 is 0 Å². The summed E-state index contributed by atoms with van der Waals surface area (Å²) in [6.45, 7) is 15.8. The molecule has 5 fully saturated rings. The highest BCUT2D eigenvalue weighted by molar-refractivity contribution is 7.22. The summed E-state index contributed by atoms with van der Waals surface area (Å²) in [5.74, 6) is -0.483. The number of aliphatic hydroxyl groups is 2. The Kier molecular flexibility index (Phi) is 12.3. The van der Waals surface area contributed by atoms with E-state index in [-0.39, 0.29) is 39.8 Å². The monoisotopic (exact) mass is 853 g/mol. The molecule has 61 heavy (non-hydrogen) atoms. The summed E-state index contributed by atoms with van der Waals surface area (Å²) < 4.78 is 10.00. The molecule has 0 spiro atoms. The first-order chi connectivity index (χ1) is 29.0. The average Bonchev–Trinajstić information content (AvgIpc) is 3.77. The summed E-state index contributed by atoms with van der Waals surface area (Å²) in [5.41, 5.74) is 11.4. The summed E-state index contributed by atoms with van der Waals surface area (Å²) in [4.78, 5) is 24.2. The topological polar surface area (TPSA) is 198 Å². The summed E-state index contributed by atoms with van der Waals surface area (Å²) in [7, 11) is 1.95. The molecule has 3 aromatic rings. The number of likely N-dealkylation sites (tertiary alicyclic amines) is 1. The standard InChI is InChI=1S/C44H57N9O5S.C2H6/c1-27(37(45)50-40-48-32-10-6-7-11-33(32)59-40)29-9-8-15-52(38(29)46)34-13-12-30(36(49-34)39(56)57)31-19-47-53(28(31)2)26-43-21-41(3)20-42(4,22-43)24-44(23-41,25-43)58-18-17-51(5)16-14-35(54)55;1-2/h6-7,10-13,19,46,49,56-57H,8-9,14-18,20-26H2,1-5H3,(H,54,55)(H2,45,48,50);1-2H3/b29-27-,46-38?;. The maximum Gasteiger partial charge on any atom is 0.304 e. The molecule has 328 valence electrons. The van der Waals surface area contributed by atoms with Crippen LogP contribution < -0.4 is 11.1 Å². The molecule has 2 unspecified atom stereocenters. The van der Waals surface area contributed by atoms with Crippen LogP contribution in [0.5, 0.6) is 0 Å². The fraction of sp³-hybridized carbons (Fsp3) is 0.543. The van der Waals surface area contributed by atoms with Gasteiger partial charge in [0.2, 0.25) is 5.13 Å². The Morgan fingerprint density at radius 1 is 1.07 bits per heavy atom. The van der Waals surface area contributed by atoms with Gasteiger partial charge < -0.3 is 40.9 Å². The molecule has 1 saturated heterocycles. The van der Waals surface area contributed by atoms with Gasteiger partial charge >= 0.3 is 5.97 Å². The van der Waals surface area contributed by atoms with Crippen molar-refractivity contribution in [2.45, 2.75) is 111 Å². The molecular weight excluding hydrogens is 791 g/mol. The van der Waals surface area contributed by atoms with Crippen molar-refractivity contribution in [3.8, 4) is 0 Å². The van der Waals surface area contributed by atoms with E-state index in [1.54, 1.807) is 0 Å². The molecule has 2 atom stereocenters. The van der Waals surface area contributed by atoms with Gasteiger partial charge in [-0.05, 0) is 118 Å². The minimum atomic E-state index is -0.841. The molecule has 1 aromatic carbocycles. The number of carboxylic acid groups (broad SMARTS) is 1. The Labute approximate surface area is 363 Å². The molecule has 4 heterocycles. The van der Waals surface area contributed by atoms with E-state index in [0.29, 0.717) is 55.0 Å². The number of thiazole rings is 1. The molecule has 6 aliphatic rings. The lowest BCUT2D eigenvalue weighted by molar-refractivity contribution is -0.248. The summed E-state index contributed by atoms with van der Waals surface area (Å²) >= 11 is 1.47. The van der Waals surface area contributed by atoms with E-state index in [2.05, 4.69) is 33.8 Å². The van der Waals surface area contributed by atoms with Crippen molar-refractivity contribution >= 4 is 49.9 Å². The molecular formula is C46H63N9O5S. The number of carbonyl (C=O) groups is 1. The first-order valence-electron chi connectivity index (χ1n) is 21.6. The number of aliphatic hydroxyl groups excluding tert-OH is 1. The predicted molar refractivity (Wildman–Crippen MR) is 242 cm³/mol. The molecule has 2 aromatic heterocycles. The minimum absolute atomic E-state index is 0.00790. The maximum atomic E-state index is 11.1. The van der Waals surface area contributed by atoms with Crippen LogP contribution in [-0.4, -0.2) is 96.4 Å². The Balaban J connectivity index is 0.00000277. The molecule has 14 nitrogen and oxygen atoms in total. The third kappa shape index (κ3) is 9.01. The molecule has 9 rings (SSSR count). The summed E-state index contributed by atoms with van der Waals surface area (Å²) in [5, 5.41) is 48.4. The number of dihydropyridines is 1. The van der Waals surface area contributed by atoms with Crippen molar-refractivity contribution < 1.29 is 24.9 Å². The summed E-state index contributed by atoms with van der Waals surface area (Å²) in [6.07, 6.45) is 13.5. The normalized spacial score (nSPS) is 28.1. The van der Waals surface area contributed by atoms with Gasteiger partial charge in [0.05, 0.1) is 35.0 Å². The molecule has 7 N–H and O–H groups in total. The van der Waals surface area contributed by atoms with Crippen LogP contribution in [0.2, 0.25) is 0 Å². The van der Waals surface area contributed by atoms with Crippen LogP contribution in [0, 0.1) is 28.6 Å². The van der Waals surface area contributed by atoms with E-state index in [0.717, 1.165) is 77.7 Å². The van der Waals surface area contributed by atoms with Crippen LogP contribution in [0.3, 0.4) is 0 Å². The summed E-state index contributed by atoms with van der Waals surface area (Å²) in [6, 6.07) is 7.85. The van der Waals surface area contributed by atoms with Crippen molar-refractivity contribution in [1.29, 1.82) is 5.41 Å². The number of aliphatic imine (C=N–C) groups is 1. The van der Waals surface area contributed by atoms with E-state index in [4.69, 9.17) is 20.7 Å². The van der Waals surface area contributed by atoms with Crippen molar-refractivity contribution in [3.63, 3.8) is 0 Å². The van der Waals surface area contributed by atoms with Gasteiger partial charge in [-0.2, -0.15) is 5.10 Å². The van der Waals surface area contributed by atoms with Gasteiger partial charge in [-0.25, -0.2) is 9.98 Å². The number of rotatable bonds is 13. The van der Waals surface area contributed by atoms with Crippen molar-refractivity contribution in [3.05, 3.63) is 82.5 Å². The number of allylic oxidation sites excluding steroid dienone is 3. The van der Waals surface area contributed by atoms with Gasteiger partial charge in [-0.1, -0.05) is 51.2 Å². The van der Waals surface area contributed by atoms with Crippen LogP contribution in [-0.2, 0) is 16.1 Å². The molecule has 4 saturated carbocycles. The second-order valence-corrected chi connectivity index (χ2v) is 19.6. The first kappa shape index (κ1) is 44.1. The second-order valence-electron chi connectivity index (χ2n) is 18.6. The van der Waals surface area contributed by atoms with Crippen molar-refractivity contribution in [1.82, 2.24) is 29.9 Å². The number of nitrogens with two attached hydrogens (primary N) is 1. The van der Waals surface area contributed by atoms with Crippen LogP contribution in [0.1, 0.15) is 104 Å². The number of nitrogens with one attached hydrogen (secondary N) is 2. The Morgan fingerprint density at radius 2 is 1.79 bits per heavy atom. The van der Waals surface area contributed by atoms with E-state index in [1.807, 2.05) is 87.2 Å². The zero-order valence-corrected chi connectivity index (χ0v) is 37.6. The highest BCUT2D eigenvalue weighted by atomic mass is 32.1. The number of aromatic nitrogens is 3. The van der Waals surface area contributed by atoms with E-state index in [1.165, 1.54) is 17.8 Å². The number of benzene rings is 1. The minimum Gasteiger partial charge on any atom is -0.481 e. The third-order valence-corrected chi connectivity index (χ3v) is 14.2. The molecule has 0 radical (unpaired) electrons. The average molecular weight is 854 g/mol. The Hall–Kier alpha value is -4.99. The number of hydrogen-bond acceptors (Lipinski definition) is 11. The Morgan fingerprint density at radius 3 is 2.48 bits per heavy atom. The number of likely N-dealkylation sites (N-methyl/N-ethyl adjacent to an activating group) is 1. The predicted octanol–water partition coefficient (Wildman–Crippen LogP) is 8.56. The van der Waals surface area contributed by atoms with Crippen LogP contribution in [0.4, 0.5) is 5.13 Å². The third-order valence-electron chi connectivity index (χ3n) is 13.3. The zero-order chi connectivity index (χ0) is 43.9. The van der Waals surface area contributed by atoms with Crippen molar-refractivity contribution in [2.24, 2.45) is 27.0 Å². The number of hydrogen-bond donors (Lipinski definition) is 6. The second kappa shape index (κ2) is 17.1. The van der Waals surface area contributed by atoms with Gasteiger partial charge in [0.15, 0.2) is 0 Å². The number of carboxylic acids is 1. The lowest BCUT2D eigenvalue weighted by atomic mass is 9.39. The molecule has 2 aliphatic heterocycles. The SMILES string of the molecule is CC.CC(=C1\CCCN(C2=CC=C(c3cnn(CC45CC6(C)CC(C)(C4)CC(OCCN(C)CCC(=O)O)(C6)C5)c3C)C(=C(O)O)N2)C1=N)/C(N)=N\c1nc2ccccc2s1. The van der Waals surface area contributed by atoms with Crippen molar-refractivity contribution in [2.75, 3.05) is 33.3 Å². The van der Waals surface area contributed by atoms with Crippen LogP contribution >= 0.6 is 11.3 Å². The maximum absolute atomic E-state index is 11.1. The number of ether oxygens (including phenoxy) is 1. The fourth-order valence-corrected chi connectivity index (χ4v) is 12.7. The molecule has 4 aliphatic carbocycles. The van der Waals surface area contributed by atoms with Gasteiger partial charge in [0.25, 0.3) is 5.95 Å². The van der Waals surface area contributed by atoms with Crippen LogP contribution in [0.15, 0.2) is 76.2 Å². The highest BCUT2D eigenvalue weighted by Crippen LogP contribution is 2.72. The molecule has 15 heteroatoms. The lowest BCUT2D eigenvalue weighted by Crippen LogP contribution is -2.64. The number of para-hydroxylation sites is 1. The van der Waals surface area contributed by atoms with Gasteiger partial charge in [0.1, 0.15) is 23.2 Å². The largest absolute Gasteiger partial charge is 0.481 e. The quantitative estimate of drug-likeness (QED) is 0.0547. The zero-order valence-electron chi connectivity index (χ0n) is 36.8. The lowest BCUT2D eigenvalue weighted by Gasteiger charge is -2.69. The van der Waals surface area contributed by atoms with E-state index < -0.39 is 11.9 Å². The number of piperidine rings is 1. The van der Waals surface area contributed by atoms with Gasteiger partial charge in [0, 0.05) is 48.6 Å². The smallest absolute Gasteiger partial charge is 0.304 e. The molecule has 0 amide bonds. The first-order valence-corrected chi connectivity index (χ1v) is 22.4. The van der Waals surface area contributed by atoms with E-state index in [9.17, 15) is 20.4 Å². The molecule has 4 bridgehead atoms. The number of nitrogens with zero attached hydrogens (tertiary/aromatic N) is 6. The van der Waals surface area contributed by atoms with Crippen LogP contribution in [0.25, 0.3) is 15.8 Å². The van der Waals surface area contributed by atoms with Gasteiger partial charge in [-0.15, -0.1) is 0 Å². The Bertz CT molecular complexity index is 2300. The fourth-order valence-electron chi connectivity index (χ4n) is 11.9. The van der Waals surface area contributed by atoms with Gasteiger partial charge in [-0.3, -0.25) is 14.9 Å². The number of fused-ring (bicyclic) bond motifs is 1. The number of aliphatic carboxylic acids is 1.